The van der Waals surface area contributed by atoms with Gasteiger partial charge in [-0.25, -0.2) is 0 Å². The van der Waals surface area contributed by atoms with Crippen molar-refractivity contribution in [3.63, 3.8) is 0 Å². The fourth-order valence-electron chi connectivity index (χ4n) is 5.79. The predicted molar refractivity (Wildman–Crippen MR) is 224 cm³/mol. The van der Waals surface area contributed by atoms with Gasteiger partial charge in [0.2, 0.25) is 0 Å². The molecule has 6 heteroatoms. The van der Waals surface area contributed by atoms with Crippen LogP contribution in [0, 0.1) is 0 Å². The number of hydrogen-bond acceptors (Lipinski definition) is 6. The fourth-order valence-corrected chi connectivity index (χ4v) is 5.79. The van der Waals surface area contributed by atoms with Crippen LogP contribution in [0.2, 0.25) is 0 Å². The van der Waals surface area contributed by atoms with Gasteiger partial charge in [0.15, 0.2) is 6.10 Å². The highest BCUT2D eigenvalue weighted by atomic mass is 16.6. The van der Waals surface area contributed by atoms with Gasteiger partial charge in [0.1, 0.15) is 13.2 Å². The molecule has 53 heavy (non-hydrogen) atoms. The Hall–Kier alpha value is -2.89. The molecule has 0 aliphatic carbocycles. The summed E-state index contributed by atoms with van der Waals surface area (Å²) in [6.45, 7) is 6.31. The van der Waals surface area contributed by atoms with Gasteiger partial charge >= 0.3 is 17.9 Å². The highest BCUT2D eigenvalue weighted by Crippen LogP contribution is 2.14. The summed E-state index contributed by atoms with van der Waals surface area (Å²) in [4.78, 5) is 37.6. The molecule has 0 spiro atoms. The Labute approximate surface area is 326 Å². The quantitative estimate of drug-likeness (QED) is 0.0271. The van der Waals surface area contributed by atoms with Gasteiger partial charge in [-0.15, -0.1) is 0 Å². The standard InChI is InChI=1S/C47H80O6/c1-4-7-10-13-16-19-21-23-24-26-28-31-34-37-40-46(49)52-43-44(42-51-45(48)39-36-33-30-27-18-15-12-9-6-3)53-47(50)41-38-35-32-29-25-22-20-17-14-11-8-5-2/h8-9,11-12,17-18,20,25,27,29,44H,4-7,10,13-16,19,21-24,26,28,30-43H2,1-3H3/b11-8-,12-9-,20-17-,27-18-,29-25-. The Kier molecular flexibility index (Phi) is 39.6. The van der Waals surface area contributed by atoms with Crippen molar-refractivity contribution in [3.05, 3.63) is 60.8 Å². The van der Waals surface area contributed by atoms with Crippen LogP contribution in [-0.2, 0) is 28.6 Å². The highest BCUT2D eigenvalue weighted by molar-refractivity contribution is 5.71. The molecule has 1 unspecified atom stereocenters. The number of hydrogen-bond donors (Lipinski definition) is 0. The maximum absolute atomic E-state index is 12.7. The second-order valence-electron chi connectivity index (χ2n) is 14.2. The van der Waals surface area contributed by atoms with E-state index in [1.165, 1.54) is 70.6 Å². The topological polar surface area (TPSA) is 78.9 Å². The van der Waals surface area contributed by atoms with Crippen molar-refractivity contribution in [2.45, 2.75) is 207 Å². The molecule has 0 heterocycles. The van der Waals surface area contributed by atoms with Crippen molar-refractivity contribution in [1.29, 1.82) is 0 Å². The van der Waals surface area contributed by atoms with Gasteiger partial charge in [0.05, 0.1) is 0 Å². The van der Waals surface area contributed by atoms with E-state index in [1.54, 1.807) is 0 Å². The first-order chi connectivity index (χ1) is 26.0. The summed E-state index contributed by atoms with van der Waals surface area (Å²) in [7, 11) is 0. The van der Waals surface area contributed by atoms with E-state index in [9.17, 15) is 14.4 Å². The largest absolute Gasteiger partial charge is 0.462 e. The van der Waals surface area contributed by atoms with Crippen LogP contribution in [0.1, 0.15) is 201 Å². The van der Waals surface area contributed by atoms with Crippen molar-refractivity contribution in [2.24, 2.45) is 0 Å². The van der Waals surface area contributed by atoms with Gasteiger partial charge in [0, 0.05) is 19.3 Å². The first-order valence-corrected chi connectivity index (χ1v) is 21.8. The van der Waals surface area contributed by atoms with Crippen LogP contribution < -0.4 is 0 Å². The minimum atomic E-state index is -0.801. The lowest BCUT2D eigenvalue weighted by molar-refractivity contribution is -0.167. The number of unbranched alkanes of at least 4 members (excludes halogenated alkanes) is 17. The van der Waals surface area contributed by atoms with Crippen LogP contribution in [0.3, 0.4) is 0 Å². The lowest BCUT2D eigenvalue weighted by Gasteiger charge is -2.18. The zero-order chi connectivity index (χ0) is 38.7. The SMILES string of the molecule is CC/C=C\C/C=C\C/C=C\CCCCC(=O)OC(COC(=O)CCCC/C=C\C/C=C\CC)COC(=O)CCCCCCCCCCCCCCCC. The smallest absolute Gasteiger partial charge is 0.306 e. The number of ether oxygens (including phenoxy) is 3. The van der Waals surface area contributed by atoms with Gasteiger partial charge in [0.25, 0.3) is 0 Å². The summed E-state index contributed by atoms with van der Waals surface area (Å²) >= 11 is 0. The fraction of sp³-hybridized carbons (Fsp3) is 0.723. The summed E-state index contributed by atoms with van der Waals surface area (Å²) in [5, 5.41) is 0. The molecule has 0 saturated carbocycles. The van der Waals surface area contributed by atoms with Gasteiger partial charge in [-0.05, 0) is 77.0 Å². The minimum absolute atomic E-state index is 0.0990. The molecule has 0 amide bonds. The van der Waals surface area contributed by atoms with E-state index in [0.717, 1.165) is 83.5 Å². The van der Waals surface area contributed by atoms with E-state index in [2.05, 4.69) is 81.5 Å². The van der Waals surface area contributed by atoms with Crippen LogP contribution in [0.25, 0.3) is 0 Å². The van der Waals surface area contributed by atoms with Crippen LogP contribution in [0.5, 0.6) is 0 Å². The van der Waals surface area contributed by atoms with E-state index in [0.29, 0.717) is 19.3 Å². The zero-order valence-corrected chi connectivity index (χ0v) is 34.5. The summed E-state index contributed by atoms with van der Waals surface area (Å²) in [5.41, 5.74) is 0. The Balaban J connectivity index is 4.43. The molecule has 0 rings (SSSR count). The molecule has 0 fully saturated rings. The third-order valence-electron chi connectivity index (χ3n) is 9.02. The highest BCUT2D eigenvalue weighted by Gasteiger charge is 2.19. The molecular formula is C47H80O6. The Morgan fingerprint density at radius 2 is 0.736 bits per heavy atom. The van der Waals surface area contributed by atoms with Crippen molar-refractivity contribution < 1.29 is 28.6 Å². The lowest BCUT2D eigenvalue weighted by Crippen LogP contribution is -2.30. The normalized spacial score (nSPS) is 12.6. The van der Waals surface area contributed by atoms with Crippen LogP contribution in [0.15, 0.2) is 60.8 Å². The summed E-state index contributed by atoms with van der Waals surface area (Å²) < 4.78 is 16.6. The maximum atomic E-state index is 12.7. The maximum Gasteiger partial charge on any atom is 0.306 e. The summed E-state index contributed by atoms with van der Waals surface area (Å²) in [5.74, 6) is -0.982. The number of rotatable bonds is 38. The van der Waals surface area contributed by atoms with Gasteiger partial charge in [-0.2, -0.15) is 0 Å². The lowest BCUT2D eigenvalue weighted by atomic mass is 10.0. The van der Waals surface area contributed by atoms with Gasteiger partial charge in [-0.1, -0.05) is 165 Å². The van der Waals surface area contributed by atoms with E-state index < -0.39 is 6.10 Å². The molecule has 0 aliphatic heterocycles. The third kappa shape index (κ3) is 40.1. The minimum Gasteiger partial charge on any atom is -0.462 e. The number of allylic oxidation sites excluding steroid dienone is 10. The molecule has 0 aromatic heterocycles. The number of esters is 3. The molecule has 0 aromatic rings. The first kappa shape index (κ1) is 50.1. The molecule has 0 bridgehead atoms. The zero-order valence-electron chi connectivity index (χ0n) is 34.5. The number of carbonyl (C=O) groups excluding carboxylic acids is 3. The molecule has 0 aliphatic rings. The third-order valence-corrected chi connectivity index (χ3v) is 9.02. The molecule has 0 aromatic carbocycles. The van der Waals surface area contributed by atoms with Crippen molar-refractivity contribution in [1.82, 2.24) is 0 Å². The molecule has 1 atom stereocenters. The van der Waals surface area contributed by atoms with E-state index in [4.69, 9.17) is 14.2 Å². The van der Waals surface area contributed by atoms with Gasteiger partial charge < -0.3 is 14.2 Å². The van der Waals surface area contributed by atoms with Crippen LogP contribution >= 0.6 is 0 Å². The van der Waals surface area contributed by atoms with Crippen molar-refractivity contribution in [2.75, 3.05) is 13.2 Å². The summed E-state index contributed by atoms with van der Waals surface area (Å²) in [6.07, 6.45) is 49.3. The predicted octanol–water partition coefficient (Wildman–Crippen LogP) is 13.7. The molecule has 304 valence electrons. The molecule has 0 N–H and O–H groups in total. The molecular weight excluding hydrogens is 661 g/mol. The Morgan fingerprint density at radius 3 is 1.15 bits per heavy atom. The first-order valence-electron chi connectivity index (χ1n) is 21.8. The molecule has 0 saturated heterocycles. The molecule has 0 radical (unpaired) electrons. The Bertz CT molecular complexity index is 991. The van der Waals surface area contributed by atoms with Crippen molar-refractivity contribution in [3.8, 4) is 0 Å². The average Bonchev–Trinajstić information content (AvgIpc) is 3.15. The second-order valence-corrected chi connectivity index (χ2v) is 14.2. The van der Waals surface area contributed by atoms with E-state index in [-0.39, 0.29) is 37.5 Å². The molecule has 6 nitrogen and oxygen atoms in total. The average molecular weight is 741 g/mol. The van der Waals surface area contributed by atoms with E-state index >= 15 is 0 Å². The Morgan fingerprint density at radius 1 is 0.396 bits per heavy atom. The van der Waals surface area contributed by atoms with Gasteiger partial charge in [-0.3, -0.25) is 14.4 Å². The summed E-state index contributed by atoms with van der Waals surface area (Å²) in [6, 6.07) is 0. The van der Waals surface area contributed by atoms with Crippen LogP contribution in [0.4, 0.5) is 0 Å². The monoisotopic (exact) mass is 741 g/mol. The van der Waals surface area contributed by atoms with Crippen LogP contribution in [-0.4, -0.2) is 37.2 Å². The number of carbonyl (C=O) groups is 3. The van der Waals surface area contributed by atoms with E-state index in [1.807, 2.05) is 0 Å². The van der Waals surface area contributed by atoms with Crippen molar-refractivity contribution >= 4 is 17.9 Å². The second kappa shape index (κ2) is 41.9.